The molecule has 0 bridgehead atoms. The Morgan fingerprint density at radius 2 is 1.89 bits per heavy atom. The van der Waals surface area contributed by atoms with E-state index in [1.165, 1.54) is 5.56 Å². The molecule has 102 valence electrons. The van der Waals surface area contributed by atoms with Gasteiger partial charge >= 0.3 is 0 Å². The van der Waals surface area contributed by atoms with Crippen LogP contribution in [-0.2, 0) is 11.8 Å². The molecule has 1 atom stereocenters. The fraction of sp³-hybridized carbons (Fsp3) is 0.467. The second kappa shape index (κ2) is 5.53. The Labute approximate surface area is 114 Å². The first-order valence-electron chi connectivity index (χ1n) is 6.60. The molecule has 2 N–H and O–H groups in total. The van der Waals surface area contributed by atoms with Gasteiger partial charge < -0.3 is 10.3 Å². The van der Waals surface area contributed by atoms with E-state index < -0.39 is 0 Å². The van der Waals surface area contributed by atoms with Gasteiger partial charge in [0, 0.05) is 5.41 Å². The number of hydrogen-bond acceptors (Lipinski definition) is 4. The van der Waals surface area contributed by atoms with Gasteiger partial charge in [-0.05, 0) is 18.4 Å². The van der Waals surface area contributed by atoms with Crippen LogP contribution >= 0.6 is 0 Å². The van der Waals surface area contributed by atoms with Crippen LogP contribution in [0.3, 0.4) is 0 Å². The van der Waals surface area contributed by atoms with Gasteiger partial charge in [-0.15, -0.1) is 0 Å². The van der Waals surface area contributed by atoms with Crippen molar-refractivity contribution in [1.82, 2.24) is 10.1 Å². The maximum atomic E-state index is 6.11. The molecule has 0 spiro atoms. The minimum atomic E-state index is -0.181. The van der Waals surface area contributed by atoms with E-state index in [4.69, 9.17) is 10.3 Å². The third-order valence-electron chi connectivity index (χ3n) is 3.00. The molecule has 0 saturated heterocycles. The number of nitrogens with zero attached hydrogens (tertiary/aromatic N) is 2. The van der Waals surface area contributed by atoms with Crippen LogP contribution in [0.25, 0.3) is 0 Å². The van der Waals surface area contributed by atoms with Crippen LogP contribution in [0.1, 0.15) is 50.5 Å². The molecule has 1 aromatic carbocycles. The van der Waals surface area contributed by atoms with Crippen LogP contribution in [0.5, 0.6) is 0 Å². The second-order valence-corrected chi connectivity index (χ2v) is 5.84. The highest BCUT2D eigenvalue weighted by molar-refractivity contribution is 5.15. The lowest BCUT2D eigenvalue weighted by molar-refractivity contribution is 0.316. The van der Waals surface area contributed by atoms with E-state index >= 15 is 0 Å². The van der Waals surface area contributed by atoms with E-state index in [0.29, 0.717) is 11.7 Å². The van der Waals surface area contributed by atoms with Gasteiger partial charge in [0.15, 0.2) is 5.82 Å². The molecular weight excluding hydrogens is 238 g/mol. The minimum absolute atomic E-state index is 0.135. The van der Waals surface area contributed by atoms with Crippen LogP contribution < -0.4 is 5.73 Å². The fourth-order valence-electron chi connectivity index (χ4n) is 1.79. The van der Waals surface area contributed by atoms with E-state index in [-0.39, 0.29) is 11.5 Å². The van der Waals surface area contributed by atoms with Crippen LogP contribution in [-0.4, -0.2) is 10.1 Å². The predicted octanol–water partition coefficient (Wildman–Crippen LogP) is 3.00. The normalized spacial score (nSPS) is 13.5. The number of nitrogens with two attached hydrogens (primary N) is 1. The summed E-state index contributed by atoms with van der Waals surface area (Å²) in [6, 6.07) is 10.1. The van der Waals surface area contributed by atoms with Crippen molar-refractivity contribution < 1.29 is 4.52 Å². The molecule has 0 saturated carbocycles. The summed E-state index contributed by atoms with van der Waals surface area (Å²) >= 11 is 0. The number of rotatable bonds is 4. The van der Waals surface area contributed by atoms with Crippen LogP contribution in [0.4, 0.5) is 0 Å². The summed E-state index contributed by atoms with van der Waals surface area (Å²) in [6.45, 7) is 6.12. The van der Waals surface area contributed by atoms with E-state index in [1.54, 1.807) is 0 Å². The summed E-state index contributed by atoms with van der Waals surface area (Å²) < 4.78 is 5.26. The zero-order chi connectivity index (χ0) is 13.9. The van der Waals surface area contributed by atoms with Crippen molar-refractivity contribution >= 4 is 0 Å². The molecule has 0 fully saturated rings. The molecule has 2 aromatic rings. The lowest BCUT2D eigenvalue weighted by Gasteiger charge is -2.11. The van der Waals surface area contributed by atoms with Gasteiger partial charge in [-0.3, -0.25) is 0 Å². The third-order valence-corrected chi connectivity index (χ3v) is 3.00. The average molecular weight is 259 g/mol. The zero-order valence-corrected chi connectivity index (χ0v) is 11.8. The Kier molecular flexibility index (Phi) is 4.00. The number of hydrogen-bond donors (Lipinski definition) is 1. The van der Waals surface area contributed by atoms with Crippen molar-refractivity contribution in [2.24, 2.45) is 5.73 Å². The quantitative estimate of drug-likeness (QED) is 0.916. The molecule has 19 heavy (non-hydrogen) atoms. The largest absolute Gasteiger partial charge is 0.339 e. The summed E-state index contributed by atoms with van der Waals surface area (Å²) in [5.41, 5.74) is 7.26. The Morgan fingerprint density at radius 1 is 1.21 bits per heavy atom. The van der Waals surface area contributed by atoms with Gasteiger partial charge in [0.2, 0.25) is 5.89 Å². The Morgan fingerprint density at radius 3 is 2.47 bits per heavy atom. The number of benzene rings is 1. The molecule has 1 unspecified atom stereocenters. The van der Waals surface area contributed by atoms with Crippen molar-refractivity contribution in [3.63, 3.8) is 0 Å². The average Bonchev–Trinajstić information content (AvgIpc) is 2.87. The summed E-state index contributed by atoms with van der Waals surface area (Å²) in [5.74, 6) is 1.23. The first-order chi connectivity index (χ1) is 8.97. The summed E-state index contributed by atoms with van der Waals surface area (Å²) in [7, 11) is 0. The van der Waals surface area contributed by atoms with Gasteiger partial charge in [-0.2, -0.15) is 4.98 Å². The fourth-order valence-corrected chi connectivity index (χ4v) is 1.79. The van der Waals surface area contributed by atoms with Crippen molar-refractivity contribution in [3.8, 4) is 0 Å². The molecular formula is C15H21N3O. The summed E-state index contributed by atoms with van der Waals surface area (Å²) in [4.78, 5) is 4.39. The van der Waals surface area contributed by atoms with Gasteiger partial charge in [0.05, 0.1) is 6.04 Å². The monoisotopic (exact) mass is 259 g/mol. The SMILES string of the molecule is CC(C)(C)c1nc(C(N)CCc2ccccc2)no1. The molecule has 0 aliphatic heterocycles. The molecule has 4 nitrogen and oxygen atoms in total. The van der Waals surface area contributed by atoms with Crippen molar-refractivity contribution in [2.45, 2.75) is 45.1 Å². The van der Waals surface area contributed by atoms with Gasteiger partial charge in [-0.1, -0.05) is 56.3 Å². The Hall–Kier alpha value is -1.68. The highest BCUT2D eigenvalue weighted by Crippen LogP contribution is 2.22. The molecule has 0 aliphatic carbocycles. The van der Waals surface area contributed by atoms with E-state index in [9.17, 15) is 0 Å². The molecule has 1 aromatic heterocycles. The smallest absolute Gasteiger partial charge is 0.232 e. The molecule has 4 heteroatoms. The third kappa shape index (κ3) is 3.64. The predicted molar refractivity (Wildman–Crippen MR) is 74.7 cm³/mol. The van der Waals surface area contributed by atoms with Gasteiger partial charge in [-0.25, -0.2) is 0 Å². The van der Waals surface area contributed by atoms with Gasteiger partial charge in [0.1, 0.15) is 0 Å². The van der Waals surface area contributed by atoms with E-state index in [0.717, 1.165) is 12.8 Å². The zero-order valence-electron chi connectivity index (χ0n) is 11.8. The molecule has 0 amide bonds. The van der Waals surface area contributed by atoms with Gasteiger partial charge in [0.25, 0.3) is 0 Å². The molecule has 0 aliphatic rings. The Bertz CT molecular complexity index is 514. The summed E-state index contributed by atoms with van der Waals surface area (Å²) in [5, 5.41) is 3.98. The standard InChI is InChI=1S/C15H21N3O/c1-15(2,3)14-17-13(18-19-14)12(16)10-9-11-7-5-4-6-8-11/h4-8,12H,9-10,16H2,1-3H3. The number of aromatic nitrogens is 2. The highest BCUT2D eigenvalue weighted by Gasteiger charge is 2.23. The first-order valence-corrected chi connectivity index (χ1v) is 6.60. The summed E-state index contributed by atoms with van der Waals surface area (Å²) in [6.07, 6.45) is 1.73. The Balaban J connectivity index is 1.97. The van der Waals surface area contributed by atoms with Crippen molar-refractivity contribution in [2.75, 3.05) is 0 Å². The maximum absolute atomic E-state index is 6.11. The lowest BCUT2D eigenvalue weighted by Crippen LogP contribution is -2.15. The molecule has 1 heterocycles. The van der Waals surface area contributed by atoms with Crippen LogP contribution in [0.15, 0.2) is 34.9 Å². The van der Waals surface area contributed by atoms with Crippen molar-refractivity contribution in [1.29, 1.82) is 0 Å². The highest BCUT2D eigenvalue weighted by atomic mass is 16.5. The minimum Gasteiger partial charge on any atom is -0.339 e. The molecule has 0 radical (unpaired) electrons. The lowest BCUT2D eigenvalue weighted by atomic mass is 9.97. The van der Waals surface area contributed by atoms with Crippen LogP contribution in [0, 0.1) is 0 Å². The topological polar surface area (TPSA) is 64.9 Å². The van der Waals surface area contributed by atoms with E-state index in [1.807, 2.05) is 39.0 Å². The van der Waals surface area contributed by atoms with Crippen molar-refractivity contribution in [3.05, 3.63) is 47.6 Å². The van der Waals surface area contributed by atoms with E-state index in [2.05, 4.69) is 22.3 Å². The van der Waals surface area contributed by atoms with Crippen LogP contribution in [0.2, 0.25) is 0 Å². The first kappa shape index (κ1) is 13.7. The molecule has 2 rings (SSSR count). The maximum Gasteiger partial charge on any atom is 0.232 e. The number of aryl methyl sites for hydroxylation is 1. The second-order valence-electron chi connectivity index (χ2n) is 5.84.